The molecule has 10 nitrogen and oxygen atoms in total. The van der Waals surface area contributed by atoms with Gasteiger partial charge in [-0.2, -0.15) is 4.31 Å². The van der Waals surface area contributed by atoms with E-state index in [4.69, 9.17) is 9.93 Å². The van der Waals surface area contributed by atoms with Crippen LogP contribution in [0.3, 0.4) is 0 Å². The van der Waals surface area contributed by atoms with E-state index in [9.17, 15) is 17.6 Å². The molecule has 190 valence electrons. The van der Waals surface area contributed by atoms with Crippen molar-refractivity contribution in [3.63, 3.8) is 0 Å². The predicted molar refractivity (Wildman–Crippen MR) is 135 cm³/mol. The summed E-state index contributed by atoms with van der Waals surface area (Å²) in [5.74, 6) is -0.544. The summed E-state index contributed by atoms with van der Waals surface area (Å²) >= 11 is 0. The standard InChI is InChI=1S/C25H23FN6O4S/c1-32(16-17-7-3-2-4-8-17)37(34,35)23-15-29-24(30-25(23)33)20(27)13-22(21-11-12-36-31-21)28-14-18-9-5-6-10-19(18)26/h2-12,15,27H,13-14,16H2,1H3,(H,29,30,33). The number of hydrogen-bond acceptors (Lipinski definition) is 8. The van der Waals surface area contributed by atoms with E-state index in [-0.39, 0.29) is 31.0 Å². The first-order chi connectivity index (χ1) is 17.8. The van der Waals surface area contributed by atoms with Crippen LogP contribution in [0.5, 0.6) is 0 Å². The second kappa shape index (κ2) is 11.2. The van der Waals surface area contributed by atoms with Gasteiger partial charge in [0.1, 0.15) is 17.8 Å². The molecule has 0 spiro atoms. The molecule has 0 aliphatic rings. The molecule has 4 aromatic rings. The van der Waals surface area contributed by atoms with E-state index in [1.54, 1.807) is 48.5 Å². The molecule has 2 heterocycles. The topological polar surface area (TPSA) is 145 Å². The lowest BCUT2D eigenvalue weighted by molar-refractivity contribution is 0.418. The smallest absolute Gasteiger partial charge is 0.271 e. The first-order valence-electron chi connectivity index (χ1n) is 11.1. The number of benzene rings is 2. The van der Waals surface area contributed by atoms with Crippen LogP contribution in [0.4, 0.5) is 4.39 Å². The zero-order valence-corrected chi connectivity index (χ0v) is 20.6. The number of aliphatic imine (C=N–C) groups is 1. The molecule has 0 saturated heterocycles. The number of H-pyrrole nitrogens is 1. The first-order valence-corrected chi connectivity index (χ1v) is 12.5. The zero-order chi connectivity index (χ0) is 26.4. The van der Waals surface area contributed by atoms with Gasteiger partial charge in [-0.3, -0.25) is 9.79 Å². The van der Waals surface area contributed by atoms with E-state index in [0.717, 1.165) is 16.1 Å². The van der Waals surface area contributed by atoms with Crippen molar-refractivity contribution in [2.24, 2.45) is 4.99 Å². The maximum absolute atomic E-state index is 14.0. The van der Waals surface area contributed by atoms with E-state index >= 15 is 0 Å². The minimum absolute atomic E-state index is 0.00295. The molecule has 4 rings (SSSR count). The highest BCUT2D eigenvalue weighted by molar-refractivity contribution is 7.89. The number of nitrogens with zero attached hydrogens (tertiary/aromatic N) is 4. The minimum Gasteiger partial charge on any atom is -0.364 e. The quantitative estimate of drug-likeness (QED) is 0.306. The van der Waals surface area contributed by atoms with Gasteiger partial charge in [-0.05, 0) is 11.6 Å². The van der Waals surface area contributed by atoms with Crippen LogP contribution in [0, 0.1) is 11.2 Å². The van der Waals surface area contributed by atoms with Crippen molar-refractivity contribution < 1.29 is 17.3 Å². The summed E-state index contributed by atoms with van der Waals surface area (Å²) in [5.41, 5.74) is 0.714. The summed E-state index contributed by atoms with van der Waals surface area (Å²) in [5, 5.41) is 12.3. The third kappa shape index (κ3) is 6.11. The summed E-state index contributed by atoms with van der Waals surface area (Å²) in [4.78, 5) is 23.0. The molecule has 0 aliphatic heterocycles. The van der Waals surface area contributed by atoms with Gasteiger partial charge in [-0.15, -0.1) is 0 Å². The predicted octanol–water partition coefficient (Wildman–Crippen LogP) is 3.17. The molecule has 0 saturated carbocycles. The number of aromatic amines is 1. The summed E-state index contributed by atoms with van der Waals surface area (Å²) < 4.78 is 45.9. The summed E-state index contributed by atoms with van der Waals surface area (Å²) in [6, 6.07) is 16.7. The van der Waals surface area contributed by atoms with Gasteiger partial charge in [0.05, 0.1) is 24.2 Å². The third-order valence-electron chi connectivity index (χ3n) is 5.46. The van der Waals surface area contributed by atoms with Gasteiger partial charge in [0, 0.05) is 31.6 Å². The van der Waals surface area contributed by atoms with Crippen molar-refractivity contribution >= 4 is 21.4 Å². The lowest BCUT2D eigenvalue weighted by Gasteiger charge is -2.16. The van der Waals surface area contributed by atoms with Crippen LogP contribution in [-0.4, -0.2) is 46.3 Å². The van der Waals surface area contributed by atoms with Gasteiger partial charge >= 0.3 is 0 Å². The fourth-order valence-electron chi connectivity index (χ4n) is 3.46. The second-order valence-electron chi connectivity index (χ2n) is 8.07. The molecular weight excluding hydrogens is 499 g/mol. The van der Waals surface area contributed by atoms with Crippen molar-refractivity contribution in [2.45, 2.75) is 24.4 Å². The van der Waals surface area contributed by atoms with Crippen LogP contribution in [0.25, 0.3) is 0 Å². The number of aromatic nitrogens is 3. The largest absolute Gasteiger partial charge is 0.364 e. The van der Waals surface area contributed by atoms with E-state index in [1.807, 2.05) is 6.07 Å². The van der Waals surface area contributed by atoms with Crippen molar-refractivity contribution in [3.8, 4) is 0 Å². The normalized spacial score (nSPS) is 12.1. The third-order valence-corrected chi connectivity index (χ3v) is 7.26. The molecule has 0 fully saturated rings. The maximum Gasteiger partial charge on any atom is 0.271 e. The fourth-order valence-corrected chi connectivity index (χ4v) is 4.59. The zero-order valence-electron chi connectivity index (χ0n) is 19.8. The van der Waals surface area contributed by atoms with Crippen molar-refractivity contribution in [1.82, 2.24) is 19.4 Å². The molecule has 12 heteroatoms. The van der Waals surface area contributed by atoms with Crippen LogP contribution in [0.1, 0.15) is 29.1 Å². The molecule has 0 bridgehead atoms. The average molecular weight is 523 g/mol. The highest BCUT2D eigenvalue weighted by atomic mass is 32.2. The van der Waals surface area contributed by atoms with E-state index in [0.29, 0.717) is 17.0 Å². The number of nitrogens with one attached hydrogen (secondary N) is 2. The highest BCUT2D eigenvalue weighted by Crippen LogP contribution is 2.14. The van der Waals surface area contributed by atoms with Crippen molar-refractivity contribution in [1.29, 1.82) is 5.41 Å². The van der Waals surface area contributed by atoms with E-state index < -0.39 is 26.3 Å². The number of rotatable bonds is 10. The Morgan fingerprint density at radius 3 is 2.54 bits per heavy atom. The first kappa shape index (κ1) is 25.8. The molecule has 0 atom stereocenters. The minimum atomic E-state index is -4.14. The van der Waals surface area contributed by atoms with Crippen LogP contribution in [0.15, 0.2) is 92.3 Å². The van der Waals surface area contributed by atoms with Gasteiger partial charge in [0.2, 0.25) is 10.0 Å². The summed E-state index contributed by atoms with van der Waals surface area (Å²) in [6.07, 6.45) is 2.15. The van der Waals surface area contributed by atoms with Crippen LogP contribution in [-0.2, 0) is 23.1 Å². The Morgan fingerprint density at radius 1 is 1.14 bits per heavy atom. The molecule has 0 unspecified atom stereocenters. The van der Waals surface area contributed by atoms with Crippen molar-refractivity contribution in [2.75, 3.05) is 7.05 Å². The van der Waals surface area contributed by atoms with Crippen LogP contribution >= 0.6 is 0 Å². The monoisotopic (exact) mass is 522 g/mol. The molecule has 2 N–H and O–H groups in total. The maximum atomic E-state index is 14.0. The summed E-state index contributed by atoms with van der Waals surface area (Å²) in [6.45, 7) is 0.0662. The van der Waals surface area contributed by atoms with Crippen LogP contribution < -0.4 is 5.56 Å². The Hall–Kier alpha value is -4.29. The Kier molecular flexibility index (Phi) is 7.80. The SMILES string of the molecule is CN(Cc1ccccc1)S(=O)(=O)c1cnc(C(=N)CC(=NCc2ccccc2F)c2ccon2)[nH]c1=O. The van der Waals surface area contributed by atoms with Gasteiger partial charge in [-0.1, -0.05) is 53.7 Å². The van der Waals surface area contributed by atoms with Gasteiger partial charge in [0.25, 0.3) is 5.56 Å². The Labute approximate surface area is 212 Å². The Balaban J connectivity index is 1.54. The lowest BCUT2D eigenvalue weighted by Crippen LogP contribution is -2.32. The molecule has 37 heavy (non-hydrogen) atoms. The second-order valence-corrected chi connectivity index (χ2v) is 10.1. The Morgan fingerprint density at radius 2 is 1.86 bits per heavy atom. The van der Waals surface area contributed by atoms with Crippen molar-refractivity contribution in [3.05, 3.63) is 112 Å². The van der Waals surface area contributed by atoms with Gasteiger partial charge < -0.3 is 14.9 Å². The van der Waals surface area contributed by atoms with Crippen LogP contribution in [0.2, 0.25) is 0 Å². The summed E-state index contributed by atoms with van der Waals surface area (Å²) in [7, 11) is -2.77. The molecule has 0 amide bonds. The fraction of sp³-hybridized carbons (Fsp3) is 0.160. The number of hydrogen-bond donors (Lipinski definition) is 2. The van der Waals surface area contributed by atoms with Gasteiger partial charge in [0.15, 0.2) is 10.7 Å². The number of sulfonamides is 1. The highest BCUT2D eigenvalue weighted by Gasteiger charge is 2.25. The molecule has 2 aromatic heterocycles. The molecule has 0 radical (unpaired) electrons. The molecule has 2 aromatic carbocycles. The Bertz CT molecular complexity index is 1580. The van der Waals surface area contributed by atoms with E-state index in [2.05, 4.69) is 20.1 Å². The average Bonchev–Trinajstić information content (AvgIpc) is 3.42. The molecular formula is C25H23FN6O4S. The van der Waals surface area contributed by atoms with Gasteiger partial charge in [-0.25, -0.2) is 17.8 Å². The molecule has 0 aliphatic carbocycles. The lowest BCUT2D eigenvalue weighted by atomic mass is 10.1. The van der Waals surface area contributed by atoms with E-state index in [1.165, 1.54) is 19.4 Å². The number of halogens is 1.